The lowest BCUT2D eigenvalue weighted by molar-refractivity contribution is -0.114. The summed E-state index contributed by atoms with van der Waals surface area (Å²) in [4.78, 5) is 12.4. The molecule has 0 fully saturated rings. The molecule has 2 aromatic rings. The zero-order chi connectivity index (χ0) is 18.3. The molecule has 2 aromatic carbocycles. The van der Waals surface area contributed by atoms with E-state index in [1.165, 1.54) is 0 Å². The van der Waals surface area contributed by atoms with Crippen LogP contribution in [0.1, 0.15) is 44.4 Å². The average Bonchev–Trinajstić information content (AvgIpc) is 2.60. The standard InChI is InChI=1S/C21H25NO2S/c1-21(2,3)25(24)22-20(18-12-8-5-9-13-18)16-19(23)15-14-17-10-6-4-7-11-17/h4-15,20,22H,16H2,1-3H3/b15-14+/t20-,25?/m1/s1. The van der Waals surface area contributed by atoms with E-state index in [0.717, 1.165) is 11.1 Å². The van der Waals surface area contributed by atoms with Crippen molar-refractivity contribution in [3.63, 3.8) is 0 Å². The van der Waals surface area contributed by atoms with Crippen molar-refractivity contribution in [2.45, 2.75) is 38.0 Å². The third kappa shape index (κ3) is 6.40. The summed E-state index contributed by atoms with van der Waals surface area (Å²) >= 11 is 0. The molecule has 0 amide bonds. The van der Waals surface area contributed by atoms with Crippen LogP contribution in [0.5, 0.6) is 0 Å². The zero-order valence-electron chi connectivity index (χ0n) is 14.9. The van der Waals surface area contributed by atoms with Crippen molar-refractivity contribution >= 4 is 22.8 Å². The number of benzene rings is 2. The predicted molar refractivity (Wildman–Crippen MR) is 105 cm³/mol. The summed E-state index contributed by atoms with van der Waals surface area (Å²) in [7, 11) is -1.25. The van der Waals surface area contributed by atoms with Gasteiger partial charge in [0.15, 0.2) is 5.78 Å². The molecule has 4 heteroatoms. The smallest absolute Gasteiger partial charge is 0.157 e. The van der Waals surface area contributed by atoms with Gasteiger partial charge >= 0.3 is 0 Å². The van der Waals surface area contributed by atoms with Crippen LogP contribution in [0.4, 0.5) is 0 Å². The van der Waals surface area contributed by atoms with Gasteiger partial charge in [0.25, 0.3) is 0 Å². The topological polar surface area (TPSA) is 46.2 Å². The van der Waals surface area contributed by atoms with Crippen molar-refractivity contribution in [3.05, 3.63) is 77.9 Å². The monoisotopic (exact) mass is 355 g/mol. The van der Waals surface area contributed by atoms with E-state index in [4.69, 9.17) is 0 Å². The van der Waals surface area contributed by atoms with Gasteiger partial charge in [0.05, 0.1) is 21.8 Å². The molecule has 0 heterocycles. The first kappa shape index (κ1) is 19.3. The van der Waals surface area contributed by atoms with Gasteiger partial charge in [-0.2, -0.15) is 0 Å². The van der Waals surface area contributed by atoms with E-state index < -0.39 is 15.7 Å². The van der Waals surface area contributed by atoms with Gasteiger partial charge in [0, 0.05) is 6.42 Å². The molecule has 0 radical (unpaired) electrons. The lowest BCUT2D eigenvalue weighted by Gasteiger charge is -2.24. The Hall–Kier alpha value is -2.04. The van der Waals surface area contributed by atoms with Gasteiger partial charge in [0.1, 0.15) is 0 Å². The fourth-order valence-electron chi connectivity index (χ4n) is 2.24. The molecule has 0 aromatic heterocycles. The second-order valence-electron chi connectivity index (χ2n) is 6.88. The first-order valence-electron chi connectivity index (χ1n) is 8.35. The number of rotatable bonds is 7. The number of hydrogen-bond donors (Lipinski definition) is 1. The van der Waals surface area contributed by atoms with Crippen LogP contribution in [-0.4, -0.2) is 14.7 Å². The number of nitrogens with one attached hydrogen (secondary N) is 1. The van der Waals surface area contributed by atoms with Gasteiger partial charge < -0.3 is 0 Å². The highest BCUT2D eigenvalue weighted by molar-refractivity contribution is 7.84. The predicted octanol–water partition coefficient (Wildman–Crippen LogP) is 4.45. The minimum Gasteiger partial charge on any atom is -0.295 e. The molecule has 132 valence electrons. The van der Waals surface area contributed by atoms with Crippen LogP contribution in [0.2, 0.25) is 0 Å². The van der Waals surface area contributed by atoms with Crippen molar-refractivity contribution in [1.29, 1.82) is 0 Å². The van der Waals surface area contributed by atoms with Crippen molar-refractivity contribution in [3.8, 4) is 0 Å². The summed E-state index contributed by atoms with van der Waals surface area (Å²) in [6, 6.07) is 19.1. The summed E-state index contributed by atoms with van der Waals surface area (Å²) in [5.74, 6) is -0.00360. The van der Waals surface area contributed by atoms with Crippen molar-refractivity contribution in [1.82, 2.24) is 4.72 Å². The first-order valence-corrected chi connectivity index (χ1v) is 9.50. The Morgan fingerprint density at radius 3 is 2.16 bits per heavy atom. The molecule has 0 saturated heterocycles. The Balaban J connectivity index is 2.11. The lowest BCUT2D eigenvalue weighted by atomic mass is 10.0. The van der Waals surface area contributed by atoms with Gasteiger partial charge in [-0.25, -0.2) is 8.93 Å². The molecule has 0 aliphatic heterocycles. The second kappa shape index (κ2) is 8.88. The quantitative estimate of drug-likeness (QED) is 0.746. The molecule has 0 saturated carbocycles. The van der Waals surface area contributed by atoms with Crippen LogP contribution >= 0.6 is 0 Å². The Bertz CT molecular complexity index is 733. The summed E-state index contributed by atoms with van der Waals surface area (Å²) in [5.41, 5.74) is 1.94. The fraction of sp³-hybridized carbons (Fsp3) is 0.286. The van der Waals surface area contributed by atoms with Gasteiger partial charge in [-0.05, 0) is 38.0 Å². The van der Waals surface area contributed by atoms with Crippen molar-refractivity contribution < 1.29 is 9.00 Å². The van der Waals surface area contributed by atoms with Gasteiger partial charge in [0.2, 0.25) is 0 Å². The number of allylic oxidation sites excluding steroid dienone is 1. The summed E-state index contributed by atoms with van der Waals surface area (Å²) < 4.78 is 15.2. The van der Waals surface area contributed by atoms with Crippen LogP contribution < -0.4 is 4.72 Å². The highest BCUT2D eigenvalue weighted by Gasteiger charge is 2.24. The van der Waals surface area contributed by atoms with E-state index in [1.807, 2.05) is 87.5 Å². The molecule has 2 rings (SSSR count). The Morgan fingerprint density at radius 2 is 1.60 bits per heavy atom. The molecule has 1 unspecified atom stereocenters. The third-order valence-corrected chi connectivity index (χ3v) is 5.28. The number of hydrogen-bond acceptors (Lipinski definition) is 2. The van der Waals surface area contributed by atoms with Gasteiger partial charge in [-0.1, -0.05) is 66.7 Å². The maximum Gasteiger partial charge on any atom is 0.157 e. The summed E-state index contributed by atoms with van der Waals surface area (Å²) in [6.45, 7) is 5.74. The summed E-state index contributed by atoms with van der Waals surface area (Å²) in [5, 5.41) is 0. The van der Waals surface area contributed by atoms with E-state index in [-0.39, 0.29) is 18.2 Å². The Morgan fingerprint density at radius 1 is 1.04 bits per heavy atom. The Kier molecular flexibility index (Phi) is 6.85. The highest BCUT2D eigenvalue weighted by Crippen LogP contribution is 2.21. The van der Waals surface area contributed by atoms with Crippen LogP contribution in [0.15, 0.2) is 66.7 Å². The van der Waals surface area contributed by atoms with Gasteiger partial charge in [-0.3, -0.25) is 4.79 Å². The van der Waals surface area contributed by atoms with Crippen LogP contribution in [0.25, 0.3) is 6.08 Å². The lowest BCUT2D eigenvalue weighted by Crippen LogP contribution is -2.36. The largest absolute Gasteiger partial charge is 0.295 e. The molecule has 3 nitrogen and oxygen atoms in total. The first-order chi connectivity index (χ1) is 11.9. The molecular weight excluding hydrogens is 330 g/mol. The number of carbonyl (C=O) groups excluding carboxylic acids is 1. The maximum absolute atomic E-state index is 12.5. The average molecular weight is 356 g/mol. The molecule has 0 bridgehead atoms. The van der Waals surface area contributed by atoms with Crippen LogP contribution in [0.3, 0.4) is 0 Å². The van der Waals surface area contributed by atoms with E-state index in [9.17, 15) is 9.00 Å². The van der Waals surface area contributed by atoms with E-state index in [0.29, 0.717) is 0 Å². The number of carbonyl (C=O) groups is 1. The van der Waals surface area contributed by atoms with Crippen LogP contribution in [-0.2, 0) is 15.8 Å². The van der Waals surface area contributed by atoms with Gasteiger partial charge in [-0.15, -0.1) is 0 Å². The molecule has 2 atom stereocenters. The van der Waals surface area contributed by atoms with Crippen molar-refractivity contribution in [2.24, 2.45) is 0 Å². The second-order valence-corrected chi connectivity index (χ2v) is 8.87. The van der Waals surface area contributed by atoms with E-state index in [2.05, 4.69) is 4.72 Å². The zero-order valence-corrected chi connectivity index (χ0v) is 15.8. The molecule has 0 aliphatic carbocycles. The molecule has 25 heavy (non-hydrogen) atoms. The highest BCUT2D eigenvalue weighted by atomic mass is 32.2. The Labute approximate surface area is 152 Å². The molecule has 0 aliphatic rings. The van der Waals surface area contributed by atoms with Crippen LogP contribution in [0, 0.1) is 0 Å². The summed E-state index contributed by atoms with van der Waals surface area (Å²) in [6.07, 6.45) is 3.66. The maximum atomic E-state index is 12.5. The van der Waals surface area contributed by atoms with Crippen molar-refractivity contribution in [2.75, 3.05) is 0 Å². The minimum atomic E-state index is -1.25. The fourth-order valence-corrected chi connectivity index (χ4v) is 3.07. The normalized spacial score (nSPS) is 14.4. The number of ketones is 1. The molecule has 1 N–H and O–H groups in total. The molecule has 0 spiro atoms. The SMILES string of the molecule is CC(C)(C)S(=O)N[C@H](CC(=O)/C=C/c1ccccc1)c1ccccc1. The molecular formula is C21H25NO2S. The third-order valence-electron chi connectivity index (χ3n) is 3.67. The van der Waals surface area contributed by atoms with E-state index >= 15 is 0 Å². The minimum absolute atomic E-state index is 0.00360. The van der Waals surface area contributed by atoms with E-state index in [1.54, 1.807) is 6.08 Å².